The fourth-order valence-corrected chi connectivity index (χ4v) is 3.53. The summed E-state index contributed by atoms with van der Waals surface area (Å²) >= 11 is 3.45. The predicted molar refractivity (Wildman–Crippen MR) is 83.6 cm³/mol. The van der Waals surface area contributed by atoms with Gasteiger partial charge in [-0.2, -0.15) is 0 Å². The first-order valence-corrected chi connectivity index (χ1v) is 8.17. The van der Waals surface area contributed by atoms with Gasteiger partial charge in [-0.25, -0.2) is 0 Å². The van der Waals surface area contributed by atoms with E-state index in [1.165, 1.54) is 5.56 Å². The van der Waals surface area contributed by atoms with Crippen molar-refractivity contribution in [2.75, 3.05) is 26.7 Å². The molecule has 1 aromatic carbocycles. The second-order valence-electron chi connectivity index (χ2n) is 6.00. The van der Waals surface area contributed by atoms with E-state index < -0.39 is 0 Å². The van der Waals surface area contributed by atoms with Crippen LogP contribution in [0, 0.1) is 11.8 Å². The van der Waals surface area contributed by atoms with Crippen LogP contribution >= 0.6 is 15.9 Å². The molecule has 20 heavy (non-hydrogen) atoms. The van der Waals surface area contributed by atoms with Gasteiger partial charge < -0.3 is 10.2 Å². The maximum Gasteiger partial charge on any atom is 0.226 e. The van der Waals surface area contributed by atoms with Gasteiger partial charge in [0.1, 0.15) is 0 Å². The highest BCUT2D eigenvalue weighted by atomic mass is 79.9. The highest BCUT2D eigenvalue weighted by molar-refractivity contribution is 9.10. The molecule has 3 nitrogen and oxygen atoms in total. The van der Waals surface area contributed by atoms with Gasteiger partial charge in [0, 0.05) is 23.5 Å². The second kappa shape index (κ2) is 5.86. The largest absolute Gasteiger partial charge is 0.342 e. The number of carbonyl (C=O) groups is 1. The van der Waals surface area contributed by atoms with Crippen LogP contribution in [0.15, 0.2) is 28.7 Å². The normalized spacial score (nSPS) is 28.7. The van der Waals surface area contributed by atoms with E-state index in [-0.39, 0.29) is 5.92 Å². The summed E-state index contributed by atoms with van der Waals surface area (Å²) in [6, 6.07) is 8.40. The quantitative estimate of drug-likeness (QED) is 0.916. The zero-order valence-corrected chi connectivity index (χ0v) is 13.4. The van der Waals surface area contributed by atoms with Crippen LogP contribution in [0.25, 0.3) is 0 Å². The molecule has 4 heteroatoms. The maximum absolute atomic E-state index is 12.5. The number of likely N-dealkylation sites (tertiary alicyclic amines) is 1. The molecule has 1 aliphatic carbocycles. The molecule has 1 aromatic rings. The number of nitrogens with one attached hydrogen (secondary N) is 1. The van der Waals surface area contributed by atoms with Gasteiger partial charge in [-0.3, -0.25) is 4.79 Å². The minimum absolute atomic E-state index is 0.226. The molecule has 0 radical (unpaired) electrons. The molecule has 1 saturated carbocycles. The zero-order chi connectivity index (χ0) is 14.1. The van der Waals surface area contributed by atoms with E-state index in [1.54, 1.807) is 0 Å². The van der Waals surface area contributed by atoms with Crippen LogP contribution in [0.4, 0.5) is 0 Å². The lowest BCUT2D eigenvalue weighted by Gasteiger charge is -2.16. The highest BCUT2D eigenvalue weighted by Crippen LogP contribution is 2.49. The van der Waals surface area contributed by atoms with E-state index in [2.05, 4.69) is 50.4 Å². The lowest BCUT2D eigenvalue weighted by atomic mass is 10.1. The third-order valence-corrected chi connectivity index (χ3v) is 5.02. The first-order chi connectivity index (χ1) is 9.69. The van der Waals surface area contributed by atoms with Crippen LogP contribution in [-0.4, -0.2) is 37.5 Å². The van der Waals surface area contributed by atoms with E-state index in [4.69, 9.17) is 0 Å². The smallest absolute Gasteiger partial charge is 0.226 e. The highest BCUT2D eigenvalue weighted by Gasteiger charge is 2.46. The summed E-state index contributed by atoms with van der Waals surface area (Å²) in [5.74, 6) is 1.67. The molecular weight excluding hydrogens is 316 g/mol. The number of halogens is 1. The van der Waals surface area contributed by atoms with Gasteiger partial charge in [-0.05, 0) is 56.0 Å². The summed E-state index contributed by atoms with van der Waals surface area (Å²) < 4.78 is 1.10. The monoisotopic (exact) mass is 336 g/mol. The van der Waals surface area contributed by atoms with Crippen LogP contribution in [0.2, 0.25) is 0 Å². The Kier molecular flexibility index (Phi) is 4.13. The maximum atomic E-state index is 12.5. The molecule has 2 aliphatic rings. The van der Waals surface area contributed by atoms with Crippen molar-refractivity contribution in [3.63, 3.8) is 0 Å². The molecule has 0 spiro atoms. The summed E-state index contributed by atoms with van der Waals surface area (Å²) in [5, 5.41) is 3.21. The number of nitrogens with zero attached hydrogens (tertiary/aromatic N) is 1. The van der Waals surface area contributed by atoms with Crippen molar-refractivity contribution < 1.29 is 4.79 Å². The van der Waals surface area contributed by atoms with E-state index in [9.17, 15) is 4.79 Å². The molecule has 108 valence electrons. The molecule has 2 fully saturated rings. The molecule has 0 bridgehead atoms. The van der Waals surface area contributed by atoms with Crippen LogP contribution in [0.1, 0.15) is 24.3 Å². The third-order valence-electron chi connectivity index (χ3n) is 4.50. The summed E-state index contributed by atoms with van der Waals surface area (Å²) in [6.07, 6.45) is 2.16. The molecule has 0 unspecified atom stereocenters. The topological polar surface area (TPSA) is 32.3 Å². The van der Waals surface area contributed by atoms with Crippen molar-refractivity contribution in [2.45, 2.75) is 18.8 Å². The Labute approximate surface area is 128 Å². The van der Waals surface area contributed by atoms with Gasteiger partial charge in [-0.15, -0.1) is 0 Å². The van der Waals surface area contributed by atoms with Crippen LogP contribution in [0.3, 0.4) is 0 Å². The number of rotatable bonds is 4. The van der Waals surface area contributed by atoms with E-state index in [0.717, 1.165) is 36.9 Å². The summed E-state index contributed by atoms with van der Waals surface area (Å²) in [6.45, 7) is 2.89. The molecule has 1 amide bonds. The molecule has 1 aliphatic heterocycles. The Balaban J connectivity index is 1.56. The SMILES string of the molecule is CNC[C@@H]1CCN(C(=O)[C@H]2C[C@@H]2c2ccc(Br)cc2)C1. The van der Waals surface area contributed by atoms with Crippen molar-refractivity contribution in [1.82, 2.24) is 10.2 Å². The molecule has 0 aromatic heterocycles. The van der Waals surface area contributed by atoms with Gasteiger partial charge in [0.15, 0.2) is 0 Å². The third kappa shape index (κ3) is 2.91. The minimum atomic E-state index is 0.226. The summed E-state index contributed by atoms with van der Waals surface area (Å²) in [4.78, 5) is 14.6. The Bertz CT molecular complexity index is 488. The van der Waals surface area contributed by atoms with Gasteiger partial charge in [-0.1, -0.05) is 28.1 Å². The van der Waals surface area contributed by atoms with E-state index in [0.29, 0.717) is 17.7 Å². The zero-order valence-electron chi connectivity index (χ0n) is 11.8. The molecule has 1 heterocycles. The second-order valence-corrected chi connectivity index (χ2v) is 6.91. The number of carbonyl (C=O) groups excluding carboxylic acids is 1. The van der Waals surface area contributed by atoms with E-state index >= 15 is 0 Å². The average Bonchev–Trinajstić information content (AvgIpc) is 3.11. The number of hydrogen-bond donors (Lipinski definition) is 1. The standard InChI is InChI=1S/C16H21BrN2O/c1-18-9-11-6-7-19(10-11)16(20)15-8-14(15)12-2-4-13(17)5-3-12/h2-5,11,14-15,18H,6-10H2,1H3/t11-,14+,15-/m0/s1. The van der Waals surface area contributed by atoms with E-state index in [1.807, 2.05) is 7.05 Å². The van der Waals surface area contributed by atoms with Crippen molar-refractivity contribution in [3.05, 3.63) is 34.3 Å². The first kappa shape index (κ1) is 14.1. The van der Waals surface area contributed by atoms with Crippen molar-refractivity contribution >= 4 is 21.8 Å². The number of benzene rings is 1. The Hall–Kier alpha value is -0.870. The lowest BCUT2D eigenvalue weighted by Crippen LogP contribution is -2.31. The lowest BCUT2D eigenvalue weighted by molar-refractivity contribution is -0.131. The molecule has 3 atom stereocenters. The summed E-state index contributed by atoms with van der Waals surface area (Å²) in [5.41, 5.74) is 1.30. The fraction of sp³-hybridized carbons (Fsp3) is 0.562. The molecule has 1 N–H and O–H groups in total. The van der Waals surface area contributed by atoms with Crippen molar-refractivity contribution in [2.24, 2.45) is 11.8 Å². The molecular formula is C16H21BrN2O. The number of amides is 1. The molecule has 1 saturated heterocycles. The minimum Gasteiger partial charge on any atom is -0.342 e. The molecule has 3 rings (SSSR count). The van der Waals surface area contributed by atoms with Crippen molar-refractivity contribution in [1.29, 1.82) is 0 Å². The Morgan fingerprint density at radius 2 is 2.15 bits per heavy atom. The van der Waals surface area contributed by atoms with Gasteiger partial charge in [0.25, 0.3) is 0 Å². The number of hydrogen-bond acceptors (Lipinski definition) is 2. The van der Waals surface area contributed by atoms with Crippen molar-refractivity contribution in [3.8, 4) is 0 Å². The first-order valence-electron chi connectivity index (χ1n) is 7.38. The Morgan fingerprint density at radius 1 is 1.40 bits per heavy atom. The van der Waals surface area contributed by atoms with Gasteiger partial charge in [0.2, 0.25) is 5.91 Å². The Morgan fingerprint density at radius 3 is 2.85 bits per heavy atom. The van der Waals surface area contributed by atoms with Gasteiger partial charge >= 0.3 is 0 Å². The fourth-order valence-electron chi connectivity index (χ4n) is 3.27. The summed E-state index contributed by atoms with van der Waals surface area (Å²) in [7, 11) is 1.98. The van der Waals surface area contributed by atoms with Crippen LogP contribution in [-0.2, 0) is 4.79 Å². The van der Waals surface area contributed by atoms with Gasteiger partial charge in [0.05, 0.1) is 0 Å². The van der Waals surface area contributed by atoms with Crippen LogP contribution < -0.4 is 5.32 Å². The van der Waals surface area contributed by atoms with Crippen LogP contribution in [0.5, 0.6) is 0 Å². The average molecular weight is 337 g/mol. The predicted octanol–water partition coefficient (Wildman–Crippen LogP) is 2.62.